The smallest absolute Gasteiger partial charge is 0.238 e. The third-order valence-electron chi connectivity index (χ3n) is 4.71. The number of hydrogen-bond donors (Lipinski definition) is 2. The zero-order valence-electron chi connectivity index (χ0n) is 15.5. The first-order valence-electron chi connectivity index (χ1n) is 8.99. The van der Waals surface area contributed by atoms with Gasteiger partial charge in [0.25, 0.3) is 0 Å². The molecule has 1 amide bonds. The minimum absolute atomic E-state index is 0.00570. The minimum Gasteiger partial charge on any atom is -0.489 e. The van der Waals surface area contributed by atoms with Crippen molar-refractivity contribution in [2.45, 2.75) is 31.0 Å². The van der Waals surface area contributed by atoms with Crippen LogP contribution in [0.25, 0.3) is 0 Å². The summed E-state index contributed by atoms with van der Waals surface area (Å²) in [5, 5.41) is 9.91. The molecule has 28 heavy (non-hydrogen) atoms. The van der Waals surface area contributed by atoms with Gasteiger partial charge in [-0.3, -0.25) is 9.89 Å². The van der Waals surface area contributed by atoms with Crippen molar-refractivity contribution in [3.05, 3.63) is 76.7 Å². The molecule has 1 aromatic heterocycles. The maximum absolute atomic E-state index is 13.0. The molecule has 0 saturated heterocycles. The van der Waals surface area contributed by atoms with Crippen LogP contribution in [0.2, 0.25) is 0 Å². The van der Waals surface area contributed by atoms with Crippen molar-refractivity contribution < 1.29 is 13.9 Å². The summed E-state index contributed by atoms with van der Waals surface area (Å²) in [7, 11) is 0. The van der Waals surface area contributed by atoms with Crippen LogP contribution in [0, 0.1) is 12.7 Å². The molecule has 1 aliphatic heterocycles. The number of anilines is 1. The Balaban J connectivity index is 1.53. The van der Waals surface area contributed by atoms with E-state index in [0.717, 1.165) is 28.1 Å². The van der Waals surface area contributed by atoms with Crippen molar-refractivity contribution in [3.63, 3.8) is 0 Å². The standard InChI is InChI=1S/C21H20FN3O2S/c1-12-18-19(28-13(2)21(26)23-20(18)25-24-12)15-5-9-17(10-6-15)27-11-14-3-7-16(22)8-4-14/h3-10,13,19H,11H2,1-2H3,(H2,23,24,25,26). The summed E-state index contributed by atoms with van der Waals surface area (Å²) in [6, 6.07) is 14.1. The van der Waals surface area contributed by atoms with Crippen LogP contribution in [0.4, 0.5) is 10.2 Å². The number of aromatic amines is 1. The van der Waals surface area contributed by atoms with E-state index in [0.29, 0.717) is 12.4 Å². The fourth-order valence-electron chi connectivity index (χ4n) is 3.14. The molecule has 5 nitrogen and oxygen atoms in total. The molecule has 2 N–H and O–H groups in total. The number of ether oxygens (including phenoxy) is 1. The summed E-state index contributed by atoms with van der Waals surface area (Å²) in [4.78, 5) is 12.2. The molecule has 0 fully saturated rings. The van der Waals surface area contributed by atoms with E-state index in [2.05, 4.69) is 15.5 Å². The van der Waals surface area contributed by atoms with Crippen LogP contribution in [0.3, 0.4) is 0 Å². The largest absolute Gasteiger partial charge is 0.489 e. The molecule has 2 atom stereocenters. The number of benzene rings is 2. The lowest BCUT2D eigenvalue weighted by atomic mass is 10.0. The predicted octanol–water partition coefficient (Wildman–Crippen LogP) is 4.60. The molecule has 0 bridgehead atoms. The zero-order valence-corrected chi connectivity index (χ0v) is 16.3. The number of thioether (sulfide) groups is 1. The molecule has 2 unspecified atom stereocenters. The number of aromatic nitrogens is 2. The number of nitrogens with zero attached hydrogens (tertiary/aromatic N) is 1. The van der Waals surface area contributed by atoms with Gasteiger partial charge in [-0.1, -0.05) is 24.3 Å². The van der Waals surface area contributed by atoms with Gasteiger partial charge >= 0.3 is 0 Å². The van der Waals surface area contributed by atoms with Gasteiger partial charge in [0.2, 0.25) is 5.91 Å². The zero-order chi connectivity index (χ0) is 19.7. The van der Waals surface area contributed by atoms with Crippen molar-refractivity contribution in [2.24, 2.45) is 0 Å². The first-order chi connectivity index (χ1) is 13.5. The highest BCUT2D eigenvalue weighted by Crippen LogP contribution is 2.44. The summed E-state index contributed by atoms with van der Waals surface area (Å²) in [6.45, 7) is 4.23. The number of amides is 1. The number of fused-ring (bicyclic) bond motifs is 1. The van der Waals surface area contributed by atoms with Crippen LogP contribution < -0.4 is 10.1 Å². The van der Waals surface area contributed by atoms with E-state index < -0.39 is 0 Å². The van der Waals surface area contributed by atoms with Crippen LogP contribution >= 0.6 is 11.8 Å². The van der Waals surface area contributed by atoms with E-state index in [4.69, 9.17) is 4.74 Å². The Morgan fingerprint density at radius 2 is 1.86 bits per heavy atom. The second-order valence-corrected chi connectivity index (χ2v) is 8.19. The number of halogens is 1. The molecular formula is C21H20FN3O2S. The average molecular weight is 397 g/mol. The maximum Gasteiger partial charge on any atom is 0.238 e. The highest BCUT2D eigenvalue weighted by Gasteiger charge is 2.32. The highest BCUT2D eigenvalue weighted by atomic mass is 32.2. The molecule has 3 aromatic rings. The highest BCUT2D eigenvalue weighted by molar-refractivity contribution is 8.01. The molecule has 0 aliphatic carbocycles. The van der Waals surface area contributed by atoms with Crippen LogP contribution in [-0.2, 0) is 11.4 Å². The molecule has 0 spiro atoms. The first kappa shape index (κ1) is 18.6. The number of nitrogens with one attached hydrogen (secondary N) is 2. The molecule has 144 valence electrons. The second-order valence-electron chi connectivity index (χ2n) is 6.74. The molecule has 0 radical (unpaired) electrons. The summed E-state index contributed by atoms with van der Waals surface area (Å²) < 4.78 is 18.8. The summed E-state index contributed by atoms with van der Waals surface area (Å²) in [5.74, 6) is 1.03. The summed E-state index contributed by atoms with van der Waals surface area (Å²) >= 11 is 1.60. The van der Waals surface area contributed by atoms with Gasteiger partial charge in [-0.05, 0) is 49.2 Å². The third kappa shape index (κ3) is 3.75. The SMILES string of the molecule is Cc1[nH]nc2c1C(c1ccc(OCc3ccc(F)cc3)cc1)SC(C)C(=O)N2. The van der Waals surface area contributed by atoms with E-state index in [1.165, 1.54) is 12.1 Å². The van der Waals surface area contributed by atoms with Gasteiger partial charge in [0.05, 0.1) is 10.5 Å². The van der Waals surface area contributed by atoms with Crippen molar-refractivity contribution in [1.29, 1.82) is 0 Å². The number of H-pyrrole nitrogens is 1. The van der Waals surface area contributed by atoms with Gasteiger partial charge in [-0.15, -0.1) is 11.8 Å². The van der Waals surface area contributed by atoms with Gasteiger partial charge < -0.3 is 10.1 Å². The van der Waals surface area contributed by atoms with Crippen LogP contribution in [0.5, 0.6) is 5.75 Å². The molecule has 2 aromatic carbocycles. The Morgan fingerprint density at radius 1 is 1.14 bits per heavy atom. The monoisotopic (exact) mass is 397 g/mol. The third-order valence-corrected chi connectivity index (χ3v) is 6.11. The fraction of sp³-hybridized carbons (Fsp3) is 0.238. The normalized spacial score (nSPS) is 18.9. The number of aryl methyl sites for hydroxylation is 1. The van der Waals surface area contributed by atoms with Crippen molar-refractivity contribution in [1.82, 2.24) is 10.2 Å². The number of carbonyl (C=O) groups is 1. The van der Waals surface area contributed by atoms with E-state index in [1.54, 1.807) is 23.9 Å². The van der Waals surface area contributed by atoms with Crippen LogP contribution in [0.15, 0.2) is 48.5 Å². The predicted molar refractivity (Wildman–Crippen MR) is 108 cm³/mol. The van der Waals surface area contributed by atoms with E-state index >= 15 is 0 Å². The molecule has 4 rings (SSSR count). The van der Waals surface area contributed by atoms with E-state index in [9.17, 15) is 9.18 Å². The Labute approximate surface area is 166 Å². The second kappa shape index (κ2) is 7.67. The average Bonchev–Trinajstić information content (AvgIpc) is 2.99. The van der Waals surface area contributed by atoms with Gasteiger partial charge in [0.15, 0.2) is 5.82 Å². The topological polar surface area (TPSA) is 67.0 Å². The quantitative estimate of drug-likeness (QED) is 0.675. The van der Waals surface area contributed by atoms with Crippen molar-refractivity contribution in [2.75, 3.05) is 5.32 Å². The van der Waals surface area contributed by atoms with Crippen LogP contribution in [-0.4, -0.2) is 21.4 Å². The maximum atomic E-state index is 13.0. The van der Waals surface area contributed by atoms with E-state index in [-0.39, 0.29) is 22.2 Å². The fourth-order valence-corrected chi connectivity index (χ4v) is 4.47. The molecule has 1 aliphatic rings. The van der Waals surface area contributed by atoms with Crippen molar-refractivity contribution >= 4 is 23.5 Å². The number of hydrogen-bond acceptors (Lipinski definition) is 4. The van der Waals surface area contributed by atoms with Crippen LogP contribution in [0.1, 0.15) is 34.6 Å². The number of rotatable bonds is 4. The molecule has 2 heterocycles. The molecular weight excluding hydrogens is 377 g/mol. The Bertz CT molecular complexity index is 986. The first-order valence-corrected chi connectivity index (χ1v) is 9.94. The summed E-state index contributed by atoms with van der Waals surface area (Å²) in [6.07, 6.45) is 0. The molecule has 7 heteroatoms. The lowest BCUT2D eigenvalue weighted by Gasteiger charge is -2.18. The Morgan fingerprint density at radius 3 is 2.57 bits per heavy atom. The van der Waals surface area contributed by atoms with Gasteiger partial charge in [-0.25, -0.2) is 4.39 Å². The lowest BCUT2D eigenvalue weighted by molar-refractivity contribution is -0.115. The van der Waals surface area contributed by atoms with Gasteiger partial charge in [0, 0.05) is 11.3 Å². The minimum atomic E-state index is -0.259. The lowest BCUT2D eigenvalue weighted by Crippen LogP contribution is -2.21. The number of carbonyl (C=O) groups excluding carboxylic acids is 1. The van der Waals surface area contributed by atoms with Gasteiger partial charge in [0.1, 0.15) is 18.2 Å². The van der Waals surface area contributed by atoms with Gasteiger partial charge in [-0.2, -0.15) is 5.10 Å². The Kier molecular flexibility index (Phi) is 5.09. The Hall–Kier alpha value is -2.80. The summed E-state index contributed by atoms with van der Waals surface area (Å²) in [5.41, 5.74) is 3.93. The van der Waals surface area contributed by atoms with E-state index in [1.807, 2.05) is 38.1 Å². The molecule has 0 saturated carbocycles. The van der Waals surface area contributed by atoms with Crippen molar-refractivity contribution in [3.8, 4) is 5.75 Å².